The highest BCUT2D eigenvalue weighted by Gasteiger charge is 2.46. The highest BCUT2D eigenvalue weighted by atomic mass is 16.5. The van der Waals surface area contributed by atoms with E-state index in [-0.39, 0.29) is 5.97 Å². The third-order valence-electron chi connectivity index (χ3n) is 2.23. The molecule has 1 N–H and O–H groups in total. The number of azide groups is 1. The van der Waals surface area contributed by atoms with E-state index < -0.39 is 5.54 Å². The molecular formula is C8H14N4O3. The second-order valence-electron chi connectivity index (χ2n) is 3.30. The third kappa shape index (κ3) is 2.82. The van der Waals surface area contributed by atoms with Crippen LogP contribution in [-0.2, 0) is 14.3 Å². The Morgan fingerprint density at radius 3 is 2.93 bits per heavy atom. The summed E-state index contributed by atoms with van der Waals surface area (Å²) in [6.45, 7) is 1.68. The van der Waals surface area contributed by atoms with Gasteiger partial charge in [-0.2, -0.15) is 0 Å². The number of ether oxygens (including phenoxy) is 2. The van der Waals surface area contributed by atoms with E-state index in [9.17, 15) is 4.79 Å². The minimum Gasteiger partial charge on any atom is -0.468 e. The molecule has 1 fully saturated rings. The average Bonchev–Trinajstić information content (AvgIpc) is 2.20. The number of hydrogen-bond donors (Lipinski definition) is 1. The van der Waals surface area contributed by atoms with E-state index in [2.05, 4.69) is 20.1 Å². The predicted octanol–water partition coefficient (Wildman–Crippen LogP) is 0.218. The van der Waals surface area contributed by atoms with Crippen LogP contribution < -0.4 is 5.32 Å². The summed E-state index contributed by atoms with van der Waals surface area (Å²) >= 11 is 0. The van der Waals surface area contributed by atoms with Gasteiger partial charge in [-0.05, 0) is 18.5 Å². The van der Waals surface area contributed by atoms with Gasteiger partial charge in [-0.15, -0.1) is 0 Å². The van der Waals surface area contributed by atoms with Crippen molar-refractivity contribution >= 4 is 5.97 Å². The molecule has 0 spiro atoms. The van der Waals surface area contributed by atoms with Gasteiger partial charge in [-0.25, -0.2) is 4.79 Å². The van der Waals surface area contributed by atoms with Gasteiger partial charge in [0.05, 0.1) is 20.3 Å². The molecular weight excluding hydrogens is 200 g/mol. The lowest BCUT2D eigenvalue weighted by atomic mass is 9.97. The van der Waals surface area contributed by atoms with Crippen LogP contribution in [0.25, 0.3) is 10.4 Å². The zero-order chi connectivity index (χ0) is 11.1. The fourth-order valence-electron chi connectivity index (χ4n) is 1.32. The molecule has 0 saturated carbocycles. The second kappa shape index (κ2) is 5.55. The molecule has 0 unspecified atom stereocenters. The van der Waals surface area contributed by atoms with Gasteiger partial charge in [-0.1, -0.05) is 5.11 Å². The Kier molecular flexibility index (Phi) is 4.36. The quantitative estimate of drug-likeness (QED) is 0.225. The fourth-order valence-corrected chi connectivity index (χ4v) is 1.32. The first-order chi connectivity index (χ1) is 7.25. The molecule has 0 bridgehead atoms. The lowest BCUT2D eigenvalue weighted by Gasteiger charge is -2.39. The highest BCUT2D eigenvalue weighted by Crippen LogP contribution is 2.18. The Bertz CT molecular complexity index is 271. The van der Waals surface area contributed by atoms with Crippen molar-refractivity contribution < 1.29 is 14.3 Å². The number of esters is 1. The van der Waals surface area contributed by atoms with E-state index in [1.807, 2.05) is 0 Å². The third-order valence-corrected chi connectivity index (χ3v) is 2.23. The lowest BCUT2D eigenvalue weighted by molar-refractivity contribution is -0.169. The molecule has 0 atom stereocenters. The molecule has 1 saturated heterocycles. The number of carbonyl (C=O) groups is 1. The van der Waals surface area contributed by atoms with Crippen LogP contribution in [-0.4, -0.2) is 44.9 Å². The van der Waals surface area contributed by atoms with Gasteiger partial charge in [0.25, 0.3) is 0 Å². The van der Waals surface area contributed by atoms with Crippen molar-refractivity contribution in [1.82, 2.24) is 5.32 Å². The van der Waals surface area contributed by atoms with Gasteiger partial charge >= 0.3 is 5.97 Å². The Morgan fingerprint density at radius 2 is 2.47 bits per heavy atom. The van der Waals surface area contributed by atoms with Crippen LogP contribution in [0.15, 0.2) is 5.11 Å². The van der Waals surface area contributed by atoms with Crippen molar-refractivity contribution in [2.45, 2.75) is 12.0 Å². The molecule has 1 aliphatic heterocycles. The molecule has 0 aromatic carbocycles. The van der Waals surface area contributed by atoms with Crippen LogP contribution in [0.3, 0.4) is 0 Å². The summed E-state index contributed by atoms with van der Waals surface area (Å²) in [5, 5.41) is 6.45. The maximum atomic E-state index is 11.4. The molecule has 1 heterocycles. The minimum atomic E-state index is -0.689. The Hall–Kier alpha value is -1.30. The number of carbonyl (C=O) groups excluding carboxylic acids is 1. The maximum Gasteiger partial charge on any atom is 0.330 e. The van der Waals surface area contributed by atoms with Crippen LogP contribution in [0, 0.1) is 0 Å². The number of nitrogens with zero attached hydrogens (tertiary/aromatic N) is 3. The molecule has 1 aliphatic rings. The molecule has 0 amide bonds. The van der Waals surface area contributed by atoms with Crippen molar-refractivity contribution in [3.63, 3.8) is 0 Å². The van der Waals surface area contributed by atoms with Gasteiger partial charge in [0.1, 0.15) is 0 Å². The Morgan fingerprint density at radius 1 is 1.73 bits per heavy atom. The molecule has 15 heavy (non-hydrogen) atoms. The zero-order valence-electron chi connectivity index (χ0n) is 8.60. The molecule has 1 rings (SSSR count). The van der Waals surface area contributed by atoms with E-state index in [4.69, 9.17) is 10.3 Å². The first-order valence-electron chi connectivity index (χ1n) is 4.67. The Labute approximate surface area is 87.4 Å². The lowest BCUT2D eigenvalue weighted by Crippen LogP contribution is -2.66. The van der Waals surface area contributed by atoms with Gasteiger partial charge < -0.3 is 9.47 Å². The second-order valence-corrected chi connectivity index (χ2v) is 3.30. The SMILES string of the molecule is COC(=O)C1(NCCCN=[N+]=[N-])COC1. The van der Waals surface area contributed by atoms with Crippen LogP contribution in [0.5, 0.6) is 0 Å². The van der Waals surface area contributed by atoms with Crippen molar-refractivity contribution in [1.29, 1.82) is 0 Å². The number of hydrogen-bond acceptors (Lipinski definition) is 5. The predicted molar refractivity (Wildman–Crippen MR) is 52.2 cm³/mol. The first kappa shape index (κ1) is 11.8. The normalized spacial score (nSPS) is 17.4. The number of rotatable bonds is 6. The summed E-state index contributed by atoms with van der Waals surface area (Å²) in [7, 11) is 1.35. The highest BCUT2D eigenvalue weighted by molar-refractivity contribution is 5.82. The fraction of sp³-hybridized carbons (Fsp3) is 0.875. The molecule has 7 heteroatoms. The van der Waals surface area contributed by atoms with Gasteiger partial charge in [-0.3, -0.25) is 5.32 Å². The average molecular weight is 214 g/mol. The largest absolute Gasteiger partial charge is 0.468 e. The van der Waals surface area contributed by atoms with E-state index in [1.165, 1.54) is 7.11 Å². The molecule has 0 radical (unpaired) electrons. The standard InChI is InChI=1S/C8H14N4O3/c1-14-7(13)8(5-15-6-8)10-3-2-4-11-12-9/h10H,2-6H2,1H3. The summed E-state index contributed by atoms with van der Waals surface area (Å²) in [5.74, 6) is -0.308. The number of methoxy groups -OCH3 is 1. The van der Waals surface area contributed by atoms with Gasteiger partial charge in [0, 0.05) is 11.5 Å². The summed E-state index contributed by atoms with van der Waals surface area (Å²) < 4.78 is 9.67. The summed E-state index contributed by atoms with van der Waals surface area (Å²) in [5.41, 5.74) is 7.36. The molecule has 7 nitrogen and oxygen atoms in total. The van der Waals surface area contributed by atoms with Gasteiger partial charge in [0.2, 0.25) is 0 Å². The minimum absolute atomic E-state index is 0.308. The van der Waals surface area contributed by atoms with Crippen LogP contribution >= 0.6 is 0 Å². The topological polar surface area (TPSA) is 96.3 Å². The maximum absolute atomic E-state index is 11.4. The van der Waals surface area contributed by atoms with Crippen LogP contribution in [0.2, 0.25) is 0 Å². The first-order valence-corrected chi connectivity index (χ1v) is 4.67. The summed E-state index contributed by atoms with van der Waals surface area (Å²) in [4.78, 5) is 14.0. The van der Waals surface area contributed by atoms with E-state index >= 15 is 0 Å². The number of nitrogens with one attached hydrogen (secondary N) is 1. The van der Waals surface area contributed by atoms with Crippen molar-refractivity contribution in [2.24, 2.45) is 5.11 Å². The Balaban J connectivity index is 2.28. The summed E-state index contributed by atoms with van der Waals surface area (Å²) in [6, 6.07) is 0. The molecule has 0 aliphatic carbocycles. The molecule has 84 valence electrons. The van der Waals surface area contributed by atoms with E-state index in [1.54, 1.807) is 0 Å². The van der Waals surface area contributed by atoms with Crippen LogP contribution in [0.4, 0.5) is 0 Å². The monoisotopic (exact) mass is 214 g/mol. The smallest absolute Gasteiger partial charge is 0.330 e. The van der Waals surface area contributed by atoms with Crippen LogP contribution in [0.1, 0.15) is 6.42 Å². The van der Waals surface area contributed by atoms with E-state index in [0.29, 0.717) is 32.7 Å². The van der Waals surface area contributed by atoms with Gasteiger partial charge in [0.15, 0.2) is 5.54 Å². The molecule has 0 aromatic heterocycles. The summed E-state index contributed by atoms with van der Waals surface area (Å²) in [6.07, 6.45) is 0.683. The van der Waals surface area contributed by atoms with Crippen molar-refractivity contribution in [2.75, 3.05) is 33.4 Å². The zero-order valence-corrected chi connectivity index (χ0v) is 8.60. The van der Waals surface area contributed by atoms with Crippen molar-refractivity contribution in [3.8, 4) is 0 Å². The van der Waals surface area contributed by atoms with E-state index in [0.717, 1.165) is 0 Å². The molecule has 0 aromatic rings. The van der Waals surface area contributed by atoms with Crippen molar-refractivity contribution in [3.05, 3.63) is 10.4 Å².